The van der Waals surface area contributed by atoms with Crippen molar-refractivity contribution in [2.24, 2.45) is 23.7 Å². The molecule has 0 radical (unpaired) electrons. The summed E-state index contributed by atoms with van der Waals surface area (Å²) in [6, 6.07) is 0. The average molecular weight is 1200 g/mol. The van der Waals surface area contributed by atoms with E-state index in [1.165, 1.54) is 44.9 Å². The summed E-state index contributed by atoms with van der Waals surface area (Å²) in [5, 5.41) is 0. The van der Waals surface area contributed by atoms with Gasteiger partial charge in [0.15, 0.2) is 6.10 Å². The van der Waals surface area contributed by atoms with E-state index in [-0.39, 0.29) is 108 Å². The molecule has 9 fully saturated rings. The van der Waals surface area contributed by atoms with Crippen molar-refractivity contribution in [2.75, 3.05) is 19.8 Å². The van der Waals surface area contributed by atoms with E-state index in [4.69, 9.17) is 42.6 Å². The van der Waals surface area contributed by atoms with Crippen molar-refractivity contribution in [3.8, 4) is 0 Å². The topological polar surface area (TPSA) is 255 Å². The molecule has 20 heteroatoms. The first kappa shape index (κ1) is 70.8. The molecular weight excluding hydrogens is 1100 g/mol. The van der Waals surface area contributed by atoms with Gasteiger partial charge in [0.1, 0.15) is 54.4 Å². The SMILES string of the molecule is C=C(C)C(=O)OC1(C)CCCC1.C=C(C)C(=O)OC1(CC)CCCC1.C=C(C)C(=O)OC1(CC)CCCCC1.C=C(C)C(=O)OC1C2CC3C(=O)OC1C3C2.C=C(C)C(=O)OCC1CCC2OC(=O)OC2C1.C=C(C)C(=O)OCC1COC(=O)O1. The normalized spacial score (nSPS) is 26.7. The highest BCUT2D eigenvalue weighted by atomic mass is 16.8. The van der Waals surface area contributed by atoms with Crippen LogP contribution in [0.2, 0.25) is 0 Å². The van der Waals surface area contributed by atoms with Crippen molar-refractivity contribution in [1.82, 2.24) is 0 Å². The van der Waals surface area contributed by atoms with Crippen molar-refractivity contribution >= 4 is 54.1 Å². The lowest BCUT2D eigenvalue weighted by molar-refractivity contribution is -0.159. The van der Waals surface area contributed by atoms with E-state index in [1.807, 2.05) is 6.92 Å². The third-order valence-electron chi connectivity index (χ3n) is 16.8. The summed E-state index contributed by atoms with van der Waals surface area (Å²) in [6.07, 6.45) is 17.8. The number of esters is 7. The largest absolute Gasteiger partial charge is 0.509 e. The van der Waals surface area contributed by atoms with Crippen molar-refractivity contribution in [2.45, 2.75) is 238 Å². The fourth-order valence-corrected chi connectivity index (χ4v) is 11.6. The summed E-state index contributed by atoms with van der Waals surface area (Å²) in [5.74, 6) is -1.19. The van der Waals surface area contributed by atoms with Crippen LogP contribution >= 0.6 is 0 Å². The molecule has 0 aromatic heterocycles. The van der Waals surface area contributed by atoms with E-state index in [1.54, 1.807) is 41.5 Å². The highest BCUT2D eigenvalue weighted by molar-refractivity contribution is 5.89. The van der Waals surface area contributed by atoms with Gasteiger partial charge in [-0.05, 0) is 176 Å². The smallest absolute Gasteiger partial charge is 0.462 e. The van der Waals surface area contributed by atoms with Crippen LogP contribution in [0.5, 0.6) is 0 Å². The molecule has 3 saturated heterocycles. The maximum absolute atomic E-state index is 11.5. The third-order valence-corrected chi connectivity index (χ3v) is 16.8. The second-order valence-corrected chi connectivity index (χ2v) is 24.4. The van der Waals surface area contributed by atoms with Crippen molar-refractivity contribution in [1.29, 1.82) is 0 Å². The van der Waals surface area contributed by atoms with Crippen LogP contribution in [0.4, 0.5) is 9.59 Å². The number of cyclic esters (lactones) is 2. The third kappa shape index (κ3) is 21.6. The fraction of sp³-hybridized carbons (Fsp3) is 0.677. The van der Waals surface area contributed by atoms with E-state index in [9.17, 15) is 43.2 Å². The lowest BCUT2D eigenvalue weighted by atomic mass is 9.82. The lowest BCUT2D eigenvalue weighted by Gasteiger charge is -2.36. The van der Waals surface area contributed by atoms with Crippen LogP contribution in [-0.4, -0.2) is 121 Å². The molecule has 2 bridgehead atoms. The number of carbonyl (C=O) groups excluding carboxylic acids is 9. The first-order chi connectivity index (χ1) is 40.0. The van der Waals surface area contributed by atoms with Gasteiger partial charge in [0.2, 0.25) is 0 Å². The zero-order valence-electron chi connectivity index (χ0n) is 51.9. The molecule has 85 heavy (non-hydrogen) atoms. The molecule has 20 nitrogen and oxygen atoms in total. The Morgan fingerprint density at radius 3 is 1.44 bits per heavy atom. The summed E-state index contributed by atoms with van der Waals surface area (Å²) < 4.78 is 56.0. The van der Waals surface area contributed by atoms with Crippen molar-refractivity contribution in [3.63, 3.8) is 0 Å². The van der Waals surface area contributed by atoms with Crippen LogP contribution < -0.4 is 0 Å². The molecule has 6 aliphatic carbocycles. The van der Waals surface area contributed by atoms with Gasteiger partial charge in [0.05, 0.1) is 12.5 Å². The summed E-state index contributed by atoms with van der Waals surface area (Å²) in [6.45, 7) is 37.8. The van der Waals surface area contributed by atoms with E-state index in [2.05, 4.69) is 62.8 Å². The van der Waals surface area contributed by atoms with Gasteiger partial charge in [0, 0.05) is 45.3 Å². The molecule has 0 amide bonds. The molecule has 3 heterocycles. The number of carbonyl (C=O) groups is 9. The van der Waals surface area contributed by atoms with Gasteiger partial charge in [-0.1, -0.05) is 59.7 Å². The molecule has 0 N–H and O–H groups in total. The van der Waals surface area contributed by atoms with Gasteiger partial charge in [0.25, 0.3) is 0 Å². The van der Waals surface area contributed by atoms with Crippen LogP contribution in [0.15, 0.2) is 72.9 Å². The Kier molecular flexibility index (Phi) is 27.2. The van der Waals surface area contributed by atoms with Crippen LogP contribution in [0, 0.1) is 23.7 Å². The second-order valence-electron chi connectivity index (χ2n) is 24.4. The molecule has 0 aromatic carbocycles. The molecule has 3 aliphatic heterocycles. The minimum absolute atomic E-state index is 0.0113. The number of rotatable bonds is 16. The Balaban J connectivity index is 0.000000220. The van der Waals surface area contributed by atoms with Gasteiger partial charge in [-0.25, -0.2) is 38.4 Å². The highest BCUT2D eigenvalue weighted by Crippen LogP contribution is 2.55. The van der Waals surface area contributed by atoms with Crippen molar-refractivity contribution < 1.29 is 95.3 Å². The molecule has 9 rings (SSSR count). The fourth-order valence-electron chi connectivity index (χ4n) is 11.6. The quantitative estimate of drug-likeness (QED) is 0.0790. The molecule has 6 saturated carbocycles. The van der Waals surface area contributed by atoms with Gasteiger partial charge in [-0.15, -0.1) is 0 Å². The van der Waals surface area contributed by atoms with E-state index in [0.29, 0.717) is 52.4 Å². The molecule has 9 atom stereocenters. The van der Waals surface area contributed by atoms with Crippen LogP contribution in [-0.2, 0) is 85.7 Å². The van der Waals surface area contributed by atoms with E-state index >= 15 is 0 Å². The second kappa shape index (κ2) is 32.7. The maximum Gasteiger partial charge on any atom is 0.509 e. The van der Waals surface area contributed by atoms with Gasteiger partial charge < -0.3 is 52.1 Å². The zero-order chi connectivity index (χ0) is 63.4. The predicted octanol–water partition coefficient (Wildman–Crippen LogP) is 12.0. The minimum Gasteiger partial charge on any atom is -0.462 e. The number of hydrogen-bond acceptors (Lipinski definition) is 20. The van der Waals surface area contributed by atoms with Crippen LogP contribution in [0.3, 0.4) is 0 Å². The summed E-state index contributed by atoms with van der Waals surface area (Å²) in [5.41, 5.74) is 2.02. The average Bonchev–Trinajstić information content (AvgIpc) is 1.65. The Labute approximate surface area is 502 Å². The van der Waals surface area contributed by atoms with Crippen molar-refractivity contribution in [3.05, 3.63) is 72.9 Å². The maximum atomic E-state index is 11.5. The standard InChI is InChI=1S/C12H16O5.C12H14O4.C12H20O2.C11H18O2.C10H16O2.C8H10O5/c1-7(2)11(13)15-6-8-3-4-9-10(5-8)17-12(14)16-9;1-5(2)11(13)15-9-6-3-7-8(4-6)12(14)16-10(7)9;1-4-12(8-6-5-7-9-12)14-11(13)10(2)3;1-4-11(7-5-6-8-11)13-10(12)9(2)3;1-8(2)9(11)12-10(3)6-4-5-7-10;1-5(2)7(9)11-3-6-4-12-8(10)13-6/h8-10H,1,3-6H2,2H3;6-10H,1,3-4H2,2H3;2,4-9H2,1,3H3;2,4-8H2,1,3H3;1,4-7H2,2-3H3;6H,1,3-4H2,2H3. The number of fused-ring (bicyclic) bond motifs is 2. The molecule has 9 unspecified atom stereocenters. The first-order valence-corrected chi connectivity index (χ1v) is 30.0. The lowest BCUT2D eigenvalue weighted by Crippen LogP contribution is -2.36. The van der Waals surface area contributed by atoms with E-state index < -0.39 is 24.4 Å². The summed E-state index contributed by atoms with van der Waals surface area (Å²) in [4.78, 5) is 100. The number of hydrogen-bond donors (Lipinski definition) is 0. The molecule has 0 aromatic rings. The van der Waals surface area contributed by atoms with Crippen LogP contribution in [0.1, 0.15) is 191 Å². The van der Waals surface area contributed by atoms with Gasteiger partial charge >= 0.3 is 54.1 Å². The molecule has 0 spiro atoms. The highest BCUT2D eigenvalue weighted by Gasteiger charge is 2.63. The Morgan fingerprint density at radius 1 is 0.506 bits per heavy atom. The van der Waals surface area contributed by atoms with Gasteiger partial charge in [-0.3, -0.25) is 4.79 Å². The Hall–Kier alpha value is -6.73. The molecule has 9 aliphatic rings. The molecule has 474 valence electrons. The predicted molar refractivity (Wildman–Crippen MR) is 312 cm³/mol. The van der Waals surface area contributed by atoms with Gasteiger partial charge in [-0.2, -0.15) is 0 Å². The summed E-state index contributed by atoms with van der Waals surface area (Å²) >= 11 is 0. The first-order valence-electron chi connectivity index (χ1n) is 30.0. The minimum atomic E-state index is -0.726. The van der Waals surface area contributed by atoms with E-state index in [0.717, 1.165) is 77.0 Å². The Morgan fingerprint density at radius 2 is 0.965 bits per heavy atom. The monoisotopic (exact) mass is 1190 g/mol. The summed E-state index contributed by atoms with van der Waals surface area (Å²) in [7, 11) is 0. The molecular formula is C65H94O20. The number of ether oxygens (including phenoxy) is 11. The Bertz CT molecular complexity index is 2480. The van der Waals surface area contributed by atoms with Crippen LogP contribution in [0.25, 0.3) is 0 Å². The zero-order valence-corrected chi connectivity index (χ0v) is 51.9.